The number of nitrogens with one attached hydrogen (secondary N) is 1. The molecular formula is C62H105NO13. The maximum Gasteiger partial charge on any atom is 0.220 e. The van der Waals surface area contributed by atoms with Crippen molar-refractivity contribution in [3.05, 3.63) is 97.2 Å². The molecule has 9 N–H and O–H groups in total. The molecule has 0 aromatic carbocycles. The molecule has 2 saturated heterocycles. The van der Waals surface area contributed by atoms with Crippen molar-refractivity contribution >= 4 is 5.91 Å². The third kappa shape index (κ3) is 32.1. The number of hydrogen-bond acceptors (Lipinski definition) is 13. The molecule has 2 fully saturated rings. The van der Waals surface area contributed by atoms with E-state index in [1.165, 1.54) is 89.9 Å². The van der Waals surface area contributed by atoms with Crippen molar-refractivity contribution in [1.82, 2.24) is 5.32 Å². The lowest BCUT2D eigenvalue weighted by molar-refractivity contribution is -0.359. The Kier molecular flexibility index (Phi) is 42.5. The number of amides is 1. The molecule has 2 aliphatic heterocycles. The van der Waals surface area contributed by atoms with Gasteiger partial charge in [-0.05, 0) is 70.6 Å². The molecule has 0 aromatic heterocycles. The SMILES string of the molecule is CC/C=C\C/C=C\C/C=C\C/C=C\C/C=C\C/C=C\C/C=C\CCCCCCCCCCCCCCCCCCCC(=O)NC(COC1OC(CO)C(OC2OC(CO)C(O)C(O)C2O)C(O)C1O)C(O)/C=C/CCC. The summed E-state index contributed by atoms with van der Waals surface area (Å²) in [5.74, 6) is -0.254. The highest BCUT2D eigenvalue weighted by atomic mass is 16.7. The van der Waals surface area contributed by atoms with E-state index in [1.807, 2.05) is 13.0 Å². The first-order chi connectivity index (χ1) is 37.1. The molecule has 2 aliphatic rings. The van der Waals surface area contributed by atoms with Crippen LogP contribution in [0.1, 0.15) is 194 Å². The number of hydrogen-bond donors (Lipinski definition) is 9. The molecule has 76 heavy (non-hydrogen) atoms. The molecule has 2 rings (SSSR count). The van der Waals surface area contributed by atoms with E-state index >= 15 is 0 Å². The third-order valence-electron chi connectivity index (χ3n) is 13.8. The van der Waals surface area contributed by atoms with Crippen LogP contribution in [0.15, 0.2) is 97.2 Å². The van der Waals surface area contributed by atoms with Crippen LogP contribution in [0.3, 0.4) is 0 Å². The number of rotatable bonds is 45. The van der Waals surface area contributed by atoms with E-state index < -0.39 is 86.8 Å². The quantitative estimate of drug-likeness (QED) is 0.0205. The van der Waals surface area contributed by atoms with E-state index in [0.717, 1.165) is 77.0 Å². The smallest absolute Gasteiger partial charge is 0.220 e. The first kappa shape index (κ1) is 69.0. The van der Waals surface area contributed by atoms with Gasteiger partial charge in [0.05, 0.1) is 32.0 Å². The van der Waals surface area contributed by atoms with Crippen LogP contribution in [0.25, 0.3) is 0 Å². The minimum absolute atomic E-state index is 0.254. The van der Waals surface area contributed by atoms with E-state index in [2.05, 4.69) is 97.3 Å². The van der Waals surface area contributed by atoms with Gasteiger partial charge < -0.3 is 65.1 Å². The van der Waals surface area contributed by atoms with Crippen LogP contribution < -0.4 is 5.32 Å². The fraction of sp³-hybridized carbons (Fsp3) is 0.726. The second-order valence-corrected chi connectivity index (χ2v) is 20.4. The van der Waals surface area contributed by atoms with Gasteiger partial charge in [0.2, 0.25) is 5.91 Å². The average molecular weight is 1070 g/mol. The molecule has 0 aromatic rings. The summed E-state index contributed by atoms with van der Waals surface area (Å²) in [4.78, 5) is 13.0. The van der Waals surface area contributed by atoms with E-state index in [0.29, 0.717) is 6.42 Å². The summed E-state index contributed by atoms with van der Waals surface area (Å²) in [7, 11) is 0. The number of ether oxygens (including phenoxy) is 4. The van der Waals surface area contributed by atoms with Crippen LogP contribution in [-0.4, -0.2) is 140 Å². The zero-order chi connectivity index (χ0) is 55.3. The molecule has 14 heteroatoms. The molecule has 1 amide bonds. The fourth-order valence-electron chi connectivity index (χ4n) is 9.04. The zero-order valence-electron chi connectivity index (χ0n) is 46.7. The highest BCUT2D eigenvalue weighted by Gasteiger charge is 2.51. The van der Waals surface area contributed by atoms with Crippen LogP contribution in [-0.2, 0) is 23.7 Å². The first-order valence-electron chi connectivity index (χ1n) is 29.5. The topological polar surface area (TPSA) is 228 Å². The Balaban J connectivity index is 1.47. The number of aliphatic hydroxyl groups is 8. The largest absolute Gasteiger partial charge is 0.394 e. The minimum atomic E-state index is -1.79. The van der Waals surface area contributed by atoms with Gasteiger partial charge in [-0.25, -0.2) is 0 Å². The van der Waals surface area contributed by atoms with Gasteiger partial charge in [0.25, 0.3) is 0 Å². The van der Waals surface area contributed by atoms with Gasteiger partial charge in [-0.3, -0.25) is 4.79 Å². The van der Waals surface area contributed by atoms with Crippen molar-refractivity contribution in [2.45, 2.75) is 267 Å². The molecule has 0 bridgehead atoms. The Morgan fingerprint density at radius 2 is 0.908 bits per heavy atom. The van der Waals surface area contributed by atoms with E-state index in [-0.39, 0.29) is 18.9 Å². The molecule has 12 atom stereocenters. The summed E-state index contributed by atoms with van der Waals surface area (Å²) in [5, 5.41) is 86.0. The van der Waals surface area contributed by atoms with Crippen molar-refractivity contribution in [3.63, 3.8) is 0 Å². The van der Waals surface area contributed by atoms with Gasteiger partial charge >= 0.3 is 0 Å². The Bertz CT molecular complexity index is 1640. The number of aliphatic hydroxyl groups excluding tert-OH is 8. The molecule has 12 unspecified atom stereocenters. The summed E-state index contributed by atoms with van der Waals surface area (Å²) in [6.07, 6.45) is 48.9. The van der Waals surface area contributed by atoms with Gasteiger partial charge in [-0.2, -0.15) is 0 Å². The van der Waals surface area contributed by atoms with E-state index in [1.54, 1.807) is 6.08 Å². The molecular weight excluding hydrogens is 967 g/mol. The Hall–Kier alpha value is -3.09. The maximum atomic E-state index is 13.0. The van der Waals surface area contributed by atoms with Crippen molar-refractivity contribution in [3.8, 4) is 0 Å². The van der Waals surface area contributed by atoms with Crippen molar-refractivity contribution in [2.75, 3.05) is 19.8 Å². The average Bonchev–Trinajstić information content (AvgIpc) is 3.42. The monoisotopic (exact) mass is 1070 g/mol. The number of carbonyl (C=O) groups excluding carboxylic acids is 1. The first-order valence-corrected chi connectivity index (χ1v) is 29.5. The molecule has 0 spiro atoms. The van der Waals surface area contributed by atoms with Gasteiger partial charge in [0, 0.05) is 6.42 Å². The molecule has 0 aliphatic carbocycles. The highest BCUT2D eigenvalue weighted by Crippen LogP contribution is 2.30. The summed E-state index contributed by atoms with van der Waals surface area (Å²) in [6.45, 7) is 2.43. The normalized spacial score (nSPS) is 25.6. The lowest BCUT2D eigenvalue weighted by Gasteiger charge is -2.46. The summed E-state index contributed by atoms with van der Waals surface area (Å²) < 4.78 is 22.5. The predicted octanol–water partition coefficient (Wildman–Crippen LogP) is 9.88. The minimum Gasteiger partial charge on any atom is -0.394 e. The van der Waals surface area contributed by atoms with Crippen LogP contribution in [0, 0.1) is 0 Å². The van der Waals surface area contributed by atoms with Crippen LogP contribution in [0.2, 0.25) is 0 Å². The molecule has 0 saturated carbocycles. The summed E-state index contributed by atoms with van der Waals surface area (Å²) in [5.41, 5.74) is 0. The zero-order valence-corrected chi connectivity index (χ0v) is 46.7. The summed E-state index contributed by atoms with van der Waals surface area (Å²) in [6, 6.07) is -0.913. The second-order valence-electron chi connectivity index (χ2n) is 20.4. The summed E-state index contributed by atoms with van der Waals surface area (Å²) >= 11 is 0. The molecule has 436 valence electrons. The third-order valence-corrected chi connectivity index (χ3v) is 13.8. The van der Waals surface area contributed by atoms with E-state index in [4.69, 9.17) is 18.9 Å². The van der Waals surface area contributed by atoms with Crippen molar-refractivity contribution in [1.29, 1.82) is 0 Å². The number of unbranched alkanes of at least 4 members (excludes halogenated alkanes) is 18. The van der Waals surface area contributed by atoms with Crippen LogP contribution in [0.5, 0.6) is 0 Å². The lowest BCUT2D eigenvalue weighted by Crippen LogP contribution is -2.65. The second kappa shape index (κ2) is 46.8. The van der Waals surface area contributed by atoms with Gasteiger partial charge in [-0.15, -0.1) is 0 Å². The van der Waals surface area contributed by atoms with Crippen LogP contribution in [0.4, 0.5) is 0 Å². The number of allylic oxidation sites excluding steroid dienone is 15. The lowest BCUT2D eigenvalue weighted by atomic mass is 9.97. The molecule has 0 radical (unpaired) electrons. The van der Waals surface area contributed by atoms with Gasteiger partial charge in [0.15, 0.2) is 12.6 Å². The highest BCUT2D eigenvalue weighted by molar-refractivity contribution is 5.76. The van der Waals surface area contributed by atoms with Gasteiger partial charge in [-0.1, -0.05) is 214 Å². The standard InChI is InChI=1S/C62H105NO13/c1-3-5-7-8-9-10-11-12-13-14-15-16-17-18-19-20-21-22-23-24-25-26-27-28-29-30-31-32-33-34-35-36-37-38-39-40-41-42-44-46-54(67)63-50(51(66)45-43-6-4-2)49-73-61-59(72)57(70)60(53(48-65)75-61)76-62-58(71)56(69)55(68)52(47-64)74-62/h5,7,9-10,12-13,15-16,18-19,21-22,24-25,43,45,50-53,55-62,64-66,68-72H,3-4,6,8,11,14,17,20,23,26-42,44,46-49H2,1-2H3,(H,63,67)/b7-5-,10-9-,13-12-,16-15-,19-18-,22-21-,25-24-,45-43+. The van der Waals surface area contributed by atoms with Crippen molar-refractivity contribution < 1.29 is 64.6 Å². The van der Waals surface area contributed by atoms with E-state index in [9.17, 15) is 45.6 Å². The van der Waals surface area contributed by atoms with Crippen LogP contribution >= 0.6 is 0 Å². The number of carbonyl (C=O) groups is 1. The fourth-order valence-corrected chi connectivity index (χ4v) is 9.04. The predicted molar refractivity (Wildman–Crippen MR) is 304 cm³/mol. The Morgan fingerprint density at radius 3 is 1.37 bits per heavy atom. The van der Waals surface area contributed by atoms with Crippen molar-refractivity contribution in [2.24, 2.45) is 0 Å². The van der Waals surface area contributed by atoms with Gasteiger partial charge in [0.1, 0.15) is 48.8 Å². The molecule has 2 heterocycles. The Labute approximate surface area is 458 Å². The Morgan fingerprint density at radius 1 is 0.487 bits per heavy atom. The maximum absolute atomic E-state index is 13.0. The molecule has 14 nitrogen and oxygen atoms in total.